The van der Waals surface area contributed by atoms with Gasteiger partial charge in [-0.25, -0.2) is 0 Å². The molecule has 0 bridgehead atoms. The van der Waals surface area contributed by atoms with Gasteiger partial charge in [0.15, 0.2) is 5.78 Å². The lowest BCUT2D eigenvalue weighted by molar-refractivity contribution is -0.157. The molecule has 174 valence electrons. The first-order chi connectivity index (χ1) is 15.0. The highest BCUT2D eigenvalue weighted by molar-refractivity contribution is 8.15. The number of hydrogen-bond acceptors (Lipinski definition) is 7. The monoisotopic (exact) mass is 463 g/mol. The number of aliphatic carboxylic acids is 1. The zero-order valence-corrected chi connectivity index (χ0v) is 18.9. The van der Waals surface area contributed by atoms with E-state index in [2.05, 4.69) is 10.6 Å². The van der Waals surface area contributed by atoms with Crippen molar-refractivity contribution in [1.29, 1.82) is 0 Å². The van der Waals surface area contributed by atoms with Gasteiger partial charge >= 0.3 is 5.97 Å². The Balaban J connectivity index is 1.79. The molecule has 0 saturated heterocycles. The number of nitrogens with one attached hydrogen (secondary N) is 2. The molecule has 9 nitrogen and oxygen atoms in total. The molecule has 2 rings (SSSR count). The third-order valence-corrected chi connectivity index (χ3v) is 6.78. The van der Waals surface area contributed by atoms with Crippen molar-refractivity contribution in [2.75, 3.05) is 13.1 Å². The van der Waals surface area contributed by atoms with Crippen molar-refractivity contribution in [2.45, 2.75) is 44.4 Å². The Labute approximate surface area is 190 Å². The first-order valence-electron chi connectivity index (χ1n) is 10.4. The molecule has 0 heterocycles. The number of nitrogens with two attached hydrogens (primary N) is 1. The molecule has 32 heavy (non-hydrogen) atoms. The Kier molecular flexibility index (Phi) is 8.97. The zero-order chi connectivity index (χ0) is 23.9. The summed E-state index contributed by atoms with van der Waals surface area (Å²) in [4.78, 5) is 60.7. The van der Waals surface area contributed by atoms with Crippen LogP contribution in [0.15, 0.2) is 30.3 Å². The molecule has 0 aromatic heterocycles. The average Bonchev–Trinajstić information content (AvgIpc) is 2.77. The second kappa shape index (κ2) is 11.2. The van der Waals surface area contributed by atoms with Crippen LogP contribution in [0.25, 0.3) is 0 Å². The summed E-state index contributed by atoms with van der Waals surface area (Å²) in [5.41, 5.74) is 5.17. The molecule has 0 radical (unpaired) electrons. The van der Waals surface area contributed by atoms with Crippen molar-refractivity contribution in [3.63, 3.8) is 0 Å². The van der Waals surface area contributed by atoms with Crippen molar-refractivity contribution < 1.29 is 29.1 Å². The minimum atomic E-state index is -1.22. The summed E-state index contributed by atoms with van der Waals surface area (Å²) in [5, 5.41) is 13.4. The number of hydrogen-bond donors (Lipinski definition) is 4. The molecule has 10 heteroatoms. The van der Waals surface area contributed by atoms with E-state index < -0.39 is 40.1 Å². The Morgan fingerprint density at radius 2 is 1.81 bits per heavy atom. The van der Waals surface area contributed by atoms with Crippen molar-refractivity contribution in [1.82, 2.24) is 10.6 Å². The van der Waals surface area contributed by atoms with E-state index in [1.807, 2.05) is 0 Å². The normalized spacial score (nSPS) is 23.6. The quantitative estimate of drug-likeness (QED) is 0.422. The van der Waals surface area contributed by atoms with E-state index in [4.69, 9.17) is 5.73 Å². The SMILES string of the molecule is CC(SC(=O)c1ccccc1)C(=O)NCC(=O)NCC(=O)C1CC(N)CCC1(C)C(=O)O. The number of rotatable bonds is 9. The van der Waals surface area contributed by atoms with E-state index >= 15 is 0 Å². The van der Waals surface area contributed by atoms with Crippen LogP contribution < -0.4 is 16.4 Å². The number of amides is 2. The Morgan fingerprint density at radius 3 is 2.44 bits per heavy atom. The van der Waals surface area contributed by atoms with E-state index in [1.54, 1.807) is 37.3 Å². The maximum Gasteiger partial charge on any atom is 0.310 e. The number of carboxylic acid groups (broad SMARTS) is 1. The van der Waals surface area contributed by atoms with Gasteiger partial charge in [0, 0.05) is 17.5 Å². The molecule has 1 fully saturated rings. The molecular formula is C22H29N3O6S. The summed E-state index contributed by atoms with van der Waals surface area (Å²) in [6.07, 6.45) is 1.06. The highest BCUT2D eigenvalue weighted by Gasteiger charge is 2.48. The van der Waals surface area contributed by atoms with Crippen LogP contribution in [0, 0.1) is 11.3 Å². The van der Waals surface area contributed by atoms with Gasteiger partial charge in [0.25, 0.3) is 0 Å². The Hall–Kier alpha value is -2.72. The molecular weight excluding hydrogens is 434 g/mol. The topological polar surface area (TPSA) is 156 Å². The number of Topliss-reactive ketones (excluding diaryl/α,β-unsaturated/α-hetero) is 1. The molecule has 0 spiro atoms. The first kappa shape index (κ1) is 25.5. The molecule has 5 N–H and O–H groups in total. The van der Waals surface area contributed by atoms with Gasteiger partial charge in [-0.3, -0.25) is 24.0 Å². The maximum atomic E-state index is 12.6. The Morgan fingerprint density at radius 1 is 1.16 bits per heavy atom. The molecule has 1 saturated carbocycles. The number of carboxylic acids is 1. The summed E-state index contributed by atoms with van der Waals surface area (Å²) >= 11 is 0.848. The molecule has 1 aliphatic carbocycles. The fourth-order valence-corrected chi connectivity index (χ4v) is 4.41. The van der Waals surface area contributed by atoms with Crippen molar-refractivity contribution in [3.05, 3.63) is 35.9 Å². The fraction of sp³-hybridized carbons (Fsp3) is 0.500. The second-order valence-electron chi connectivity index (χ2n) is 8.18. The maximum absolute atomic E-state index is 12.6. The second-order valence-corrected chi connectivity index (χ2v) is 9.50. The van der Waals surface area contributed by atoms with Gasteiger partial charge in [0.1, 0.15) is 0 Å². The minimum absolute atomic E-state index is 0.248. The van der Waals surface area contributed by atoms with Crippen molar-refractivity contribution in [3.8, 4) is 0 Å². The third kappa shape index (κ3) is 6.64. The highest BCUT2D eigenvalue weighted by atomic mass is 32.2. The van der Waals surface area contributed by atoms with Gasteiger partial charge in [0.05, 0.1) is 23.8 Å². The van der Waals surface area contributed by atoms with Crippen LogP contribution in [-0.2, 0) is 19.2 Å². The standard InChI is InChI=1S/C22H29N3O6S/c1-13(32-20(29)14-6-4-3-5-7-14)19(28)25-12-18(27)24-11-17(26)16-10-15(23)8-9-22(16,2)21(30)31/h3-7,13,15-16H,8-12,23H2,1-2H3,(H,24,27)(H,25,28)(H,30,31). The predicted octanol–water partition coefficient (Wildman–Crippen LogP) is 0.968. The number of carbonyl (C=O) groups is 5. The first-order valence-corrected chi connectivity index (χ1v) is 11.2. The van der Waals surface area contributed by atoms with E-state index in [0.29, 0.717) is 18.4 Å². The molecule has 1 aromatic carbocycles. The predicted molar refractivity (Wildman–Crippen MR) is 120 cm³/mol. The van der Waals surface area contributed by atoms with Crippen molar-refractivity contribution >= 4 is 40.4 Å². The van der Waals surface area contributed by atoms with E-state index in [1.165, 1.54) is 6.92 Å². The van der Waals surface area contributed by atoms with E-state index in [9.17, 15) is 29.1 Å². The van der Waals surface area contributed by atoms with Crippen LogP contribution >= 0.6 is 11.8 Å². The third-order valence-electron chi connectivity index (χ3n) is 5.76. The van der Waals surface area contributed by atoms with Gasteiger partial charge in [0.2, 0.25) is 16.9 Å². The highest BCUT2D eigenvalue weighted by Crippen LogP contribution is 2.41. The van der Waals surface area contributed by atoms with Crippen LogP contribution in [0.1, 0.15) is 43.5 Å². The van der Waals surface area contributed by atoms with Gasteiger partial charge in [-0.2, -0.15) is 0 Å². The molecule has 1 aromatic rings. The molecule has 2 amide bonds. The van der Waals surface area contributed by atoms with Gasteiger partial charge < -0.3 is 21.5 Å². The van der Waals surface area contributed by atoms with Gasteiger partial charge in [-0.1, -0.05) is 42.1 Å². The summed E-state index contributed by atoms with van der Waals surface area (Å²) in [5.74, 6) is -3.33. The van der Waals surface area contributed by atoms with Crippen LogP contribution in [0.2, 0.25) is 0 Å². The van der Waals surface area contributed by atoms with Gasteiger partial charge in [-0.15, -0.1) is 0 Å². The smallest absolute Gasteiger partial charge is 0.310 e. The van der Waals surface area contributed by atoms with Crippen LogP contribution in [0.5, 0.6) is 0 Å². The number of carbonyl (C=O) groups excluding carboxylic acids is 4. The zero-order valence-electron chi connectivity index (χ0n) is 18.1. The molecule has 0 aliphatic heterocycles. The lowest BCUT2D eigenvalue weighted by Gasteiger charge is -2.39. The summed E-state index contributed by atoms with van der Waals surface area (Å²) in [6, 6.07) is 8.28. The molecule has 1 aliphatic rings. The minimum Gasteiger partial charge on any atom is -0.481 e. The summed E-state index contributed by atoms with van der Waals surface area (Å²) in [6.45, 7) is 2.38. The van der Waals surface area contributed by atoms with Crippen LogP contribution in [0.3, 0.4) is 0 Å². The van der Waals surface area contributed by atoms with Crippen molar-refractivity contribution in [2.24, 2.45) is 17.1 Å². The lowest BCUT2D eigenvalue weighted by Crippen LogP contribution is -2.50. The van der Waals surface area contributed by atoms with Gasteiger partial charge in [-0.05, 0) is 33.1 Å². The number of thioether (sulfide) groups is 1. The van der Waals surface area contributed by atoms with Crippen LogP contribution in [-0.4, -0.2) is 58.2 Å². The molecule has 4 unspecified atom stereocenters. The number of benzene rings is 1. The summed E-state index contributed by atoms with van der Waals surface area (Å²) < 4.78 is 0. The Bertz CT molecular complexity index is 878. The van der Waals surface area contributed by atoms with E-state index in [0.717, 1.165) is 11.8 Å². The lowest BCUT2D eigenvalue weighted by atomic mass is 9.64. The largest absolute Gasteiger partial charge is 0.481 e. The number of ketones is 1. The fourth-order valence-electron chi connectivity index (χ4n) is 3.62. The average molecular weight is 464 g/mol. The summed E-state index contributed by atoms with van der Waals surface area (Å²) in [7, 11) is 0. The van der Waals surface area contributed by atoms with E-state index in [-0.39, 0.29) is 30.7 Å². The molecule has 4 atom stereocenters. The van der Waals surface area contributed by atoms with Crippen LogP contribution in [0.4, 0.5) is 0 Å².